The summed E-state index contributed by atoms with van der Waals surface area (Å²) in [5.41, 5.74) is 3.76. The lowest BCUT2D eigenvalue weighted by molar-refractivity contribution is -0.0956. The molecule has 0 bridgehead atoms. The molecule has 2 aromatic rings. The van der Waals surface area contributed by atoms with Crippen molar-refractivity contribution in [2.45, 2.75) is 33.0 Å². The van der Waals surface area contributed by atoms with Crippen LogP contribution in [0.15, 0.2) is 30.6 Å². The third kappa shape index (κ3) is 3.15. The molecule has 1 amide bonds. The lowest BCUT2D eigenvalue weighted by Crippen LogP contribution is -2.41. The molecule has 2 aliphatic rings. The average Bonchev–Trinajstić information content (AvgIpc) is 3.30. The summed E-state index contributed by atoms with van der Waals surface area (Å²) in [6.45, 7) is 6.90. The highest BCUT2D eigenvalue weighted by Gasteiger charge is 2.32. The molecule has 0 N–H and O–H groups in total. The Morgan fingerprint density at radius 1 is 1.19 bits per heavy atom. The van der Waals surface area contributed by atoms with Crippen LogP contribution in [0, 0.1) is 19.8 Å². The summed E-state index contributed by atoms with van der Waals surface area (Å²) in [6, 6.07) is 5.90. The van der Waals surface area contributed by atoms with E-state index in [-0.39, 0.29) is 12.2 Å². The Morgan fingerprint density at radius 2 is 1.92 bits per heavy atom. The number of nitrogens with zero attached hydrogens (tertiary/aromatic N) is 3. The summed E-state index contributed by atoms with van der Waals surface area (Å²) in [7, 11) is 0. The number of piperidine rings is 1. The number of likely N-dealkylation sites (tertiary alicyclic amines) is 1. The topological polar surface area (TPSA) is 56.6 Å². The maximum atomic E-state index is 13.1. The van der Waals surface area contributed by atoms with Crippen LogP contribution in [0.1, 0.15) is 34.6 Å². The van der Waals surface area contributed by atoms with Crippen molar-refractivity contribution < 1.29 is 14.3 Å². The van der Waals surface area contributed by atoms with Gasteiger partial charge in [0.15, 0.2) is 6.29 Å². The van der Waals surface area contributed by atoms with E-state index in [9.17, 15) is 4.79 Å². The molecule has 2 aliphatic heterocycles. The molecule has 0 aliphatic carbocycles. The number of hydrogen-bond donors (Lipinski definition) is 0. The number of carbonyl (C=O) groups excluding carboxylic acids is 1. The summed E-state index contributed by atoms with van der Waals surface area (Å²) in [4.78, 5) is 19.2. The fourth-order valence-corrected chi connectivity index (χ4v) is 4.06. The Balaban J connectivity index is 1.49. The Kier molecular flexibility index (Phi) is 4.78. The number of aryl methyl sites for hydroxylation is 1. The molecule has 0 atom stereocenters. The number of hydrogen-bond acceptors (Lipinski definition) is 4. The highest BCUT2D eigenvalue weighted by atomic mass is 16.7. The van der Waals surface area contributed by atoms with E-state index in [2.05, 4.69) is 9.55 Å². The molecule has 0 unspecified atom stereocenters. The van der Waals surface area contributed by atoms with Crippen molar-refractivity contribution in [2.75, 3.05) is 26.3 Å². The van der Waals surface area contributed by atoms with Crippen LogP contribution >= 0.6 is 0 Å². The van der Waals surface area contributed by atoms with Gasteiger partial charge in [0.05, 0.1) is 30.7 Å². The Hall–Kier alpha value is -2.18. The maximum absolute atomic E-state index is 13.1. The summed E-state index contributed by atoms with van der Waals surface area (Å²) >= 11 is 0. The van der Waals surface area contributed by atoms with Gasteiger partial charge in [-0.15, -0.1) is 0 Å². The molecule has 0 saturated carbocycles. The SMILES string of the molecule is Cc1cc(C(=O)N2CCC(C3OCCO3)CC2)c(C)n1-c1cccnc1. The minimum atomic E-state index is -0.0807. The van der Waals surface area contributed by atoms with Gasteiger partial charge in [-0.05, 0) is 44.9 Å². The van der Waals surface area contributed by atoms with E-state index in [4.69, 9.17) is 9.47 Å². The second-order valence-electron chi connectivity index (χ2n) is 7.07. The van der Waals surface area contributed by atoms with Gasteiger partial charge in [0.25, 0.3) is 5.91 Å². The van der Waals surface area contributed by atoms with Gasteiger partial charge in [-0.2, -0.15) is 0 Å². The van der Waals surface area contributed by atoms with Crippen LogP contribution in [0.25, 0.3) is 5.69 Å². The molecule has 26 heavy (non-hydrogen) atoms. The number of carbonyl (C=O) groups is 1. The molecule has 4 rings (SSSR count). The van der Waals surface area contributed by atoms with Gasteiger partial charge in [-0.25, -0.2) is 0 Å². The number of ether oxygens (including phenoxy) is 2. The molecule has 2 fully saturated rings. The molecule has 2 saturated heterocycles. The quantitative estimate of drug-likeness (QED) is 0.849. The molecule has 0 radical (unpaired) electrons. The highest BCUT2D eigenvalue weighted by molar-refractivity contribution is 5.96. The number of pyridine rings is 1. The largest absolute Gasteiger partial charge is 0.350 e. The smallest absolute Gasteiger partial charge is 0.255 e. The van der Waals surface area contributed by atoms with Gasteiger partial charge < -0.3 is 18.9 Å². The predicted molar refractivity (Wildman–Crippen MR) is 97.4 cm³/mol. The van der Waals surface area contributed by atoms with Gasteiger partial charge in [0, 0.05) is 36.6 Å². The van der Waals surface area contributed by atoms with Crippen molar-refractivity contribution in [3.05, 3.63) is 47.5 Å². The third-order valence-corrected chi connectivity index (χ3v) is 5.42. The normalized spacial score (nSPS) is 19.2. The Labute approximate surface area is 153 Å². The third-order valence-electron chi connectivity index (χ3n) is 5.42. The van der Waals surface area contributed by atoms with Crippen molar-refractivity contribution in [2.24, 2.45) is 5.92 Å². The maximum Gasteiger partial charge on any atom is 0.255 e. The highest BCUT2D eigenvalue weighted by Crippen LogP contribution is 2.28. The van der Waals surface area contributed by atoms with E-state index in [1.165, 1.54) is 0 Å². The zero-order chi connectivity index (χ0) is 18.1. The monoisotopic (exact) mass is 355 g/mol. The van der Waals surface area contributed by atoms with Crippen molar-refractivity contribution >= 4 is 5.91 Å². The van der Waals surface area contributed by atoms with Crippen molar-refractivity contribution in [1.29, 1.82) is 0 Å². The fraction of sp³-hybridized carbons (Fsp3) is 0.500. The van der Waals surface area contributed by atoms with Gasteiger partial charge in [0.1, 0.15) is 0 Å². The molecular formula is C20H25N3O3. The van der Waals surface area contributed by atoms with E-state index in [1.54, 1.807) is 6.20 Å². The van der Waals surface area contributed by atoms with Crippen molar-refractivity contribution in [3.8, 4) is 5.69 Å². The first-order valence-electron chi connectivity index (χ1n) is 9.27. The van der Waals surface area contributed by atoms with Crippen LogP contribution < -0.4 is 0 Å². The Morgan fingerprint density at radius 3 is 2.58 bits per heavy atom. The van der Waals surface area contributed by atoms with Gasteiger partial charge in [0.2, 0.25) is 0 Å². The minimum Gasteiger partial charge on any atom is -0.350 e. The molecule has 6 nitrogen and oxygen atoms in total. The first kappa shape index (κ1) is 17.2. The van der Waals surface area contributed by atoms with E-state index < -0.39 is 0 Å². The van der Waals surface area contributed by atoms with E-state index in [1.807, 2.05) is 43.1 Å². The summed E-state index contributed by atoms with van der Waals surface area (Å²) in [6.07, 6.45) is 5.35. The molecular weight excluding hydrogens is 330 g/mol. The molecule has 0 spiro atoms. The molecule has 138 valence electrons. The van der Waals surface area contributed by atoms with Gasteiger partial charge in [-0.3, -0.25) is 9.78 Å². The van der Waals surface area contributed by atoms with Crippen LogP contribution in [-0.4, -0.2) is 53.0 Å². The van der Waals surface area contributed by atoms with Crippen molar-refractivity contribution in [1.82, 2.24) is 14.5 Å². The van der Waals surface area contributed by atoms with Crippen LogP contribution in [-0.2, 0) is 9.47 Å². The minimum absolute atomic E-state index is 0.0807. The lowest BCUT2D eigenvalue weighted by atomic mass is 9.95. The zero-order valence-electron chi connectivity index (χ0n) is 15.4. The van der Waals surface area contributed by atoms with Crippen LogP contribution in [0.2, 0.25) is 0 Å². The summed E-state index contributed by atoms with van der Waals surface area (Å²) < 4.78 is 13.3. The first-order valence-corrected chi connectivity index (χ1v) is 9.27. The number of amides is 1. The molecule has 6 heteroatoms. The predicted octanol–water partition coefficient (Wildman–Crippen LogP) is 2.71. The van der Waals surface area contributed by atoms with Gasteiger partial charge in [-0.1, -0.05) is 0 Å². The van der Waals surface area contributed by atoms with Crippen LogP contribution in [0.5, 0.6) is 0 Å². The van der Waals surface area contributed by atoms with Crippen LogP contribution in [0.4, 0.5) is 0 Å². The van der Waals surface area contributed by atoms with Crippen molar-refractivity contribution in [3.63, 3.8) is 0 Å². The van der Waals surface area contributed by atoms with Gasteiger partial charge >= 0.3 is 0 Å². The summed E-state index contributed by atoms with van der Waals surface area (Å²) in [5, 5.41) is 0. The fourth-order valence-electron chi connectivity index (χ4n) is 4.06. The molecule has 4 heterocycles. The van der Waals surface area contributed by atoms with E-state index in [0.29, 0.717) is 19.1 Å². The first-order chi connectivity index (χ1) is 12.6. The zero-order valence-corrected chi connectivity index (χ0v) is 15.4. The number of aromatic nitrogens is 2. The summed E-state index contributed by atoms with van der Waals surface area (Å²) in [5.74, 6) is 0.504. The van der Waals surface area contributed by atoms with Crippen LogP contribution in [0.3, 0.4) is 0 Å². The molecule has 0 aromatic carbocycles. The number of rotatable bonds is 3. The van der Waals surface area contributed by atoms with E-state index >= 15 is 0 Å². The van der Waals surface area contributed by atoms with E-state index in [0.717, 1.165) is 48.6 Å². The standard InChI is InChI=1S/C20H25N3O3/c1-14-12-18(15(2)23(14)17-4-3-7-21-13-17)19(24)22-8-5-16(6-9-22)20-25-10-11-26-20/h3-4,7,12-13,16,20H,5-6,8-11H2,1-2H3. The second-order valence-corrected chi connectivity index (χ2v) is 7.07. The molecule has 2 aromatic heterocycles. The Bertz CT molecular complexity index is 773. The second kappa shape index (κ2) is 7.21. The lowest BCUT2D eigenvalue weighted by Gasteiger charge is -2.33. The average molecular weight is 355 g/mol.